The third kappa shape index (κ3) is 5.83. The van der Waals surface area contributed by atoms with Crippen molar-refractivity contribution in [3.8, 4) is 5.75 Å². The minimum Gasteiger partial charge on any atom is -0.406 e. The van der Waals surface area contributed by atoms with Gasteiger partial charge in [-0.1, -0.05) is 42.5 Å². The van der Waals surface area contributed by atoms with Gasteiger partial charge in [0.15, 0.2) is 5.96 Å². The summed E-state index contributed by atoms with van der Waals surface area (Å²) in [6, 6.07) is 14.2. The molecule has 8 heteroatoms. The Balaban J connectivity index is 2.28. The Morgan fingerprint density at radius 1 is 1.04 bits per heavy atom. The Morgan fingerprint density at radius 2 is 1.64 bits per heavy atom. The van der Waals surface area contributed by atoms with Gasteiger partial charge in [-0.05, 0) is 29.7 Å². The van der Waals surface area contributed by atoms with E-state index in [0.29, 0.717) is 12.0 Å². The van der Waals surface area contributed by atoms with Gasteiger partial charge >= 0.3 is 6.36 Å². The van der Waals surface area contributed by atoms with Gasteiger partial charge in [-0.3, -0.25) is 4.79 Å². The second-order valence-corrected chi connectivity index (χ2v) is 5.23. The van der Waals surface area contributed by atoms with Gasteiger partial charge in [-0.15, -0.1) is 13.2 Å². The van der Waals surface area contributed by atoms with Crippen LogP contribution < -0.4 is 16.2 Å². The predicted octanol–water partition coefficient (Wildman–Crippen LogP) is 2.71. The molecule has 1 atom stereocenters. The van der Waals surface area contributed by atoms with Crippen LogP contribution in [0.4, 0.5) is 13.2 Å². The van der Waals surface area contributed by atoms with Crippen molar-refractivity contribution in [1.82, 2.24) is 0 Å². The van der Waals surface area contributed by atoms with Gasteiger partial charge in [-0.2, -0.15) is 4.99 Å². The number of amides is 1. The van der Waals surface area contributed by atoms with Crippen molar-refractivity contribution in [2.24, 2.45) is 16.5 Å². The van der Waals surface area contributed by atoms with Crippen LogP contribution in [0.25, 0.3) is 0 Å². The molecule has 2 aromatic carbocycles. The molecule has 5 nitrogen and oxygen atoms in total. The normalized spacial score (nSPS) is 12.3. The third-order valence-electron chi connectivity index (χ3n) is 3.34. The average molecular weight is 351 g/mol. The number of aliphatic imine (C=N–C) groups is 1. The van der Waals surface area contributed by atoms with Gasteiger partial charge in [0, 0.05) is 0 Å². The maximum atomic E-state index is 12.3. The Kier molecular flexibility index (Phi) is 5.63. The zero-order valence-electron chi connectivity index (χ0n) is 13.0. The number of hydrogen-bond donors (Lipinski definition) is 2. The summed E-state index contributed by atoms with van der Waals surface area (Å²) < 4.78 is 40.5. The first-order chi connectivity index (χ1) is 11.7. The highest BCUT2D eigenvalue weighted by Gasteiger charge is 2.31. The quantitative estimate of drug-likeness (QED) is 0.640. The summed E-state index contributed by atoms with van der Waals surface area (Å²) in [5.41, 5.74) is 11.9. The first kappa shape index (κ1) is 18.3. The molecule has 0 radical (unpaired) electrons. The fraction of sp³-hybridized carbons (Fsp3) is 0.176. The summed E-state index contributed by atoms with van der Waals surface area (Å²) in [7, 11) is 0. The highest BCUT2D eigenvalue weighted by Crippen LogP contribution is 2.27. The van der Waals surface area contributed by atoms with Gasteiger partial charge in [0.2, 0.25) is 0 Å². The van der Waals surface area contributed by atoms with Gasteiger partial charge < -0.3 is 16.2 Å². The second kappa shape index (κ2) is 7.69. The van der Waals surface area contributed by atoms with Crippen LogP contribution in [0, 0.1) is 0 Å². The van der Waals surface area contributed by atoms with E-state index < -0.39 is 18.2 Å². The maximum absolute atomic E-state index is 12.3. The Morgan fingerprint density at radius 3 is 2.16 bits per heavy atom. The molecule has 0 aliphatic rings. The van der Waals surface area contributed by atoms with Gasteiger partial charge in [0.05, 0.1) is 5.92 Å². The average Bonchev–Trinajstić information content (AvgIpc) is 2.52. The van der Waals surface area contributed by atoms with Crippen LogP contribution in [0.15, 0.2) is 59.6 Å². The summed E-state index contributed by atoms with van der Waals surface area (Å²) in [5, 5.41) is 0. The van der Waals surface area contributed by atoms with Crippen LogP contribution in [0.5, 0.6) is 5.75 Å². The smallest absolute Gasteiger partial charge is 0.406 e. The minimum atomic E-state index is -4.78. The van der Waals surface area contributed by atoms with Gasteiger partial charge in [0.25, 0.3) is 5.91 Å². The topological polar surface area (TPSA) is 90.7 Å². The molecule has 0 aliphatic heterocycles. The molecule has 2 rings (SSSR count). The van der Waals surface area contributed by atoms with Gasteiger partial charge in [0.1, 0.15) is 5.75 Å². The standard InChI is InChI=1S/C17H16F3N3O2/c18-17(19,20)25-13-8-6-12(7-9-13)14(15(24)23-16(21)22)10-11-4-2-1-3-5-11/h1-9,14H,10H2,(H4,21,22,23,24). The maximum Gasteiger partial charge on any atom is 0.573 e. The number of rotatable bonds is 5. The van der Waals surface area contributed by atoms with Crippen LogP contribution in [0.3, 0.4) is 0 Å². The highest BCUT2D eigenvalue weighted by molar-refractivity contribution is 5.95. The van der Waals surface area contributed by atoms with Crippen LogP contribution in [-0.2, 0) is 11.2 Å². The fourth-order valence-electron chi connectivity index (χ4n) is 2.30. The summed E-state index contributed by atoms with van der Waals surface area (Å²) in [4.78, 5) is 15.9. The number of ether oxygens (including phenoxy) is 1. The zero-order chi connectivity index (χ0) is 18.4. The largest absolute Gasteiger partial charge is 0.573 e. The molecule has 0 bridgehead atoms. The number of nitrogens with two attached hydrogens (primary N) is 2. The number of hydrogen-bond acceptors (Lipinski definition) is 2. The van der Waals surface area contributed by atoms with E-state index in [0.717, 1.165) is 17.7 Å². The van der Waals surface area contributed by atoms with Gasteiger partial charge in [-0.25, -0.2) is 0 Å². The number of carbonyl (C=O) groups is 1. The number of guanidine groups is 1. The number of benzene rings is 2. The predicted molar refractivity (Wildman–Crippen MR) is 86.8 cm³/mol. The van der Waals surface area contributed by atoms with E-state index in [2.05, 4.69) is 9.73 Å². The molecule has 2 aromatic rings. The van der Waals surface area contributed by atoms with E-state index in [4.69, 9.17) is 11.5 Å². The first-order valence-electron chi connectivity index (χ1n) is 7.28. The Labute approximate surface area is 142 Å². The van der Waals surface area contributed by atoms with Crippen molar-refractivity contribution >= 4 is 11.9 Å². The molecule has 4 N–H and O–H groups in total. The molecule has 0 aliphatic carbocycles. The number of nitrogens with zero attached hydrogens (tertiary/aromatic N) is 1. The van der Waals surface area contributed by atoms with Crippen LogP contribution in [0.1, 0.15) is 17.0 Å². The van der Waals surface area contributed by atoms with E-state index in [1.165, 1.54) is 12.1 Å². The molecule has 0 saturated heterocycles. The van der Waals surface area contributed by atoms with E-state index in [1.807, 2.05) is 30.3 Å². The summed E-state index contributed by atoms with van der Waals surface area (Å²) >= 11 is 0. The molecular weight excluding hydrogens is 335 g/mol. The lowest BCUT2D eigenvalue weighted by atomic mass is 9.91. The van der Waals surface area contributed by atoms with E-state index in [1.54, 1.807) is 0 Å². The Hall–Kier alpha value is -3.03. The molecule has 0 heterocycles. The van der Waals surface area contributed by atoms with Crippen molar-refractivity contribution in [2.45, 2.75) is 18.7 Å². The molecule has 1 unspecified atom stereocenters. The molecule has 0 saturated carbocycles. The first-order valence-corrected chi connectivity index (χ1v) is 7.28. The van der Waals surface area contributed by atoms with E-state index in [-0.39, 0.29) is 11.7 Å². The number of halogens is 3. The molecule has 25 heavy (non-hydrogen) atoms. The monoisotopic (exact) mass is 351 g/mol. The fourth-order valence-corrected chi connectivity index (χ4v) is 2.30. The lowest BCUT2D eigenvalue weighted by Crippen LogP contribution is -2.26. The molecule has 0 fully saturated rings. The third-order valence-corrected chi connectivity index (χ3v) is 3.34. The summed E-state index contributed by atoms with van der Waals surface area (Å²) in [6.45, 7) is 0. The van der Waals surface area contributed by atoms with E-state index in [9.17, 15) is 18.0 Å². The molecule has 132 valence electrons. The lowest BCUT2D eigenvalue weighted by molar-refractivity contribution is -0.274. The van der Waals surface area contributed by atoms with Crippen molar-refractivity contribution in [3.63, 3.8) is 0 Å². The van der Waals surface area contributed by atoms with Crippen molar-refractivity contribution in [2.75, 3.05) is 0 Å². The number of carbonyl (C=O) groups excluding carboxylic acids is 1. The van der Waals surface area contributed by atoms with Crippen LogP contribution in [-0.4, -0.2) is 18.2 Å². The van der Waals surface area contributed by atoms with Crippen LogP contribution in [0.2, 0.25) is 0 Å². The minimum absolute atomic E-state index is 0.302. The molecular formula is C17H16F3N3O2. The Bertz CT molecular complexity index is 740. The molecule has 0 aromatic heterocycles. The summed E-state index contributed by atoms with van der Waals surface area (Å²) in [5.74, 6) is -2.05. The van der Waals surface area contributed by atoms with E-state index >= 15 is 0 Å². The lowest BCUT2D eigenvalue weighted by Gasteiger charge is -2.15. The highest BCUT2D eigenvalue weighted by atomic mass is 19.4. The van der Waals surface area contributed by atoms with Crippen molar-refractivity contribution in [3.05, 3.63) is 65.7 Å². The van der Waals surface area contributed by atoms with Crippen molar-refractivity contribution < 1.29 is 22.7 Å². The zero-order valence-corrected chi connectivity index (χ0v) is 13.0. The van der Waals surface area contributed by atoms with Crippen LogP contribution >= 0.6 is 0 Å². The molecule has 1 amide bonds. The SMILES string of the molecule is NC(N)=NC(=O)C(Cc1ccccc1)c1ccc(OC(F)(F)F)cc1. The van der Waals surface area contributed by atoms with Crippen molar-refractivity contribution in [1.29, 1.82) is 0 Å². The molecule has 0 spiro atoms. The second-order valence-electron chi connectivity index (χ2n) is 5.23. The number of alkyl halides is 3. The summed E-state index contributed by atoms with van der Waals surface area (Å²) in [6.07, 6.45) is -4.48.